The first-order valence-electron chi connectivity index (χ1n) is 6.77. The monoisotopic (exact) mass is 308 g/mol. The summed E-state index contributed by atoms with van der Waals surface area (Å²) in [5, 5.41) is 4.02. The lowest BCUT2D eigenvalue weighted by molar-refractivity contribution is 0.595. The number of nitrogens with one attached hydrogen (secondary N) is 1. The Bertz CT molecular complexity index is 750. The maximum absolute atomic E-state index is 12.5. The van der Waals surface area contributed by atoms with Crippen LogP contribution >= 0.6 is 0 Å². The highest BCUT2D eigenvalue weighted by atomic mass is 32.2. The Morgan fingerprint density at radius 1 is 1.33 bits per heavy atom. The molecule has 0 aliphatic rings. The Balaban J connectivity index is 2.36. The van der Waals surface area contributed by atoms with E-state index in [0.29, 0.717) is 12.2 Å². The molecule has 7 heteroatoms. The summed E-state index contributed by atoms with van der Waals surface area (Å²) in [4.78, 5) is 0.0110. The van der Waals surface area contributed by atoms with Crippen molar-refractivity contribution in [2.24, 2.45) is 0 Å². The summed E-state index contributed by atoms with van der Waals surface area (Å²) < 4.78 is 29.0. The van der Waals surface area contributed by atoms with Crippen molar-refractivity contribution < 1.29 is 8.42 Å². The third-order valence-electron chi connectivity index (χ3n) is 3.35. The minimum Gasteiger partial charge on any atom is -0.381 e. The first-order chi connectivity index (χ1) is 9.85. The molecule has 1 aromatic heterocycles. The van der Waals surface area contributed by atoms with E-state index < -0.39 is 10.0 Å². The SMILES string of the molecule is CCCn1cc(S(=O)(=O)Nc2cccc(C)c2C)c(N)n1. The molecule has 0 saturated carbocycles. The standard InChI is InChI=1S/C14H20N4O2S/c1-4-8-18-9-13(14(15)16-18)21(19,20)17-12-7-5-6-10(2)11(12)3/h5-7,9,17H,4,8H2,1-3H3,(H2,15,16). The van der Waals surface area contributed by atoms with Crippen molar-refractivity contribution in [3.63, 3.8) is 0 Å². The van der Waals surface area contributed by atoms with Gasteiger partial charge in [-0.3, -0.25) is 9.40 Å². The summed E-state index contributed by atoms with van der Waals surface area (Å²) in [6, 6.07) is 5.47. The molecular weight excluding hydrogens is 288 g/mol. The van der Waals surface area contributed by atoms with Crippen LogP contribution in [-0.4, -0.2) is 18.2 Å². The van der Waals surface area contributed by atoms with E-state index in [0.717, 1.165) is 17.5 Å². The van der Waals surface area contributed by atoms with Crippen molar-refractivity contribution in [1.29, 1.82) is 0 Å². The summed E-state index contributed by atoms with van der Waals surface area (Å²) in [6.07, 6.45) is 2.32. The molecule has 1 heterocycles. The zero-order chi connectivity index (χ0) is 15.6. The second-order valence-electron chi connectivity index (χ2n) is 4.99. The number of benzene rings is 1. The van der Waals surface area contributed by atoms with Crippen molar-refractivity contribution in [2.75, 3.05) is 10.5 Å². The molecule has 0 atom stereocenters. The molecule has 0 spiro atoms. The van der Waals surface area contributed by atoms with Crippen LogP contribution < -0.4 is 10.5 Å². The van der Waals surface area contributed by atoms with E-state index >= 15 is 0 Å². The van der Waals surface area contributed by atoms with Crippen molar-refractivity contribution >= 4 is 21.5 Å². The number of aromatic nitrogens is 2. The van der Waals surface area contributed by atoms with Crippen LogP contribution in [0.4, 0.5) is 11.5 Å². The quantitative estimate of drug-likeness (QED) is 0.886. The molecular formula is C14H20N4O2S. The lowest BCUT2D eigenvalue weighted by Crippen LogP contribution is -2.15. The average Bonchev–Trinajstić information content (AvgIpc) is 2.77. The second-order valence-corrected chi connectivity index (χ2v) is 6.65. The molecule has 21 heavy (non-hydrogen) atoms. The molecule has 0 aliphatic heterocycles. The van der Waals surface area contributed by atoms with E-state index in [2.05, 4.69) is 9.82 Å². The first kappa shape index (κ1) is 15.4. The zero-order valence-corrected chi connectivity index (χ0v) is 13.2. The molecule has 0 saturated heterocycles. The number of hydrogen-bond acceptors (Lipinski definition) is 4. The Kier molecular flexibility index (Phi) is 4.22. The van der Waals surface area contributed by atoms with Crippen LogP contribution in [-0.2, 0) is 16.6 Å². The smallest absolute Gasteiger partial charge is 0.267 e. The first-order valence-corrected chi connectivity index (χ1v) is 8.25. The molecule has 2 rings (SSSR count). The zero-order valence-electron chi connectivity index (χ0n) is 12.4. The van der Waals surface area contributed by atoms with E-state index in [-0.39, 0.29) is 10.7 Å². The van der Waals surface area contributed by atoms with Gasteiger partial charge in [0.1, 0.15) is 4.90 Å². The molecule has 0 unspecified atom stereocenters. The Morgan fingerprint density at radius 2 is 2.05 bits per heavy atom. The summed E-state index contributed by atoms with van der Waals surface area (Å²) in [5.74, 6) is 0.0151. The van der Waals surface area contributed by atoms with Gasteiger partial charge < -0.3 is 5.73 Å². The number of hydrogen-bond donors (Lipinski definition) is 2. The number of nitrogens with zero attached hydrogens (tertiary/aromatic N) is 2. The summed E-state index contributed by atoms with van der Waals surface area (Å²) in [7, 11) is -3.74. The molecule has 114 valence electrons. The highest BCUT2D eigenvalue weighted by molar-refractivity contribution is 7.92. The highest BCUT2D eigenvalue weighted by Crippen LogP contribution is 2.24. The number of aryl methyl sites for hydroxylation is 2. The normalized spacial score (nSPS) is 11.6. The topological polar surface area (TPSA) is 90.0 Å². The largest absolute Gasteiger partial charge is 0.381 e. The third kappa shape index (κ3) is 3.18. The van der Waals surface area contributed by atoms with Gasteiger partial charge in [-0.05, 0) is 37.5 Å². The van der Waals surface area contributed by atoms with Crippen LogP contribution in [0, 0.1) is 13.8 Å². The number of nitrogens with two attached hydrogens (primary N) is 1. The summed E-state index contributed by atoms with van der Waals surface area (Å²) in [5.41, 5.74) is 8.19. The third-order valence-corrected chi connectivity index (χ3v) is 4.73. The van der Waals surface area contributed by atoms with E-state index in [9.17, 15) is 8.42 Å². The summed E-state index contributed by atoms with van der Waals surface area (Å²) >= 11 is 0. The van der Waals surface area contributed by atoms with Crippen LogP contribution in [0.1, 0.15) is 24.5 Å². The molecule has 0 bridgehead atoms. The lowest BCUT2D eigenvalue weighted by Gasteiger charge is -2.11. The second kappa shape index (κ2) is 5.77. The van der Waals surface area contributed by atoms with Crippen LogP contribution in [0.5, 0.6) is 0 Å². The van der Waals surface area contributed by atoms with Gasteiger partial charge in [-0.2, -0.15) is 5.10 Å². The fourth-order valence-electron chi connectivity index (χ4n) is 2.03. The van der Waals surface area contributed by atoms with Gasteiger partial charge in [0, 0.05) is 12.7 Å². The molecule has 0 amide bonds. The highest BCUT2D eigenvalue weighted by Gasteiger charge is 2.22. The van der Waals surface area contributed by atoms with Gasteiger partial charge in [-0.25, -0.2) is 8.42 Å². The van der Waals surface area contributed by atoms with Crippen LogP contribution in [0.2, 0.25) is 0 Å². The number of anilines is 2. The van der Waals surface area contributed by atoms with Crippen LogP contribution in [0.15, 0.2) is 29.3 Å². The molecule has 3 N–H and O–H groups in total. The lowest BCUT2D eigenvalue weighted by atomic mass is 10.1. The maximum Gasteiger partial charge on any atom is 0.267 e. The van der Waals surface area contributed by atoms with Crippen molar-refractivity contribution in [3.8, 4) is 0 Å². The van der Waals surface area contributed by atoms with Crippen molar-refractivity contribution in [2.45, 2.75) is 38.6 Å². The van der Waals surface area contributed by atoms with E-state index in [4.69, 9.17) is 5.73 Å². The predicted molar refractivity (Wildman–Crippen MR) is 83.7 cm³/mol. The fraction of sp³-hybridized carbons (Fsp3) is 0.357. The number of rotatable bonds is 5. The van der Waals surface area contributed by atoms with Crippen molar-refractivity contribution in [3.05, 3.63) is 35.5 Å². The molecule has 0 aliphatic carbocycles. The van der Waals surface area contributed by atoms with Gasteiger partial charge in [0.25, 0.3) is 10.0 Å². The van der Waals surface area contributed by atoms with Gasteiger partial charge >= 0.3 is 0 Å². The number of sulfonamides is 1. The molecule has 2 aromatic rings. The summed E-state index contributed by atoms with van der Waals surface area (Å²) in [6.45, 7) is 6.42. The Labute approximate surface area is 125 Å². The van der Waals surface area contributed by atoms with Crippen molar-refractivity contribution in [1.82, 2.24) is 9.78 Å². The van der Waals surface area contributed by atoms with Gasteiger partial charge in [-0.1, -0.05) is 19.1 Å². The van der Waals surface area contributed by atoms with Gasteiger partial charge in [0.15, 0.2) is 5.82 Å². The predicted octanol–water partition coefficient (Wildman–Crippen LogP) is 2.29. The Hall–Kier alpha value is -2.02. The minimum atomic E-state index is -3.74. The molecule has 0 fully saturated rings. The van der Waals surface area contributed by atoms with E-state index in [1.807, 2.05) is 32.9 Å². The van der Waals surface area contributed by atoms with Crippen LogP contribution in [0.3, 0.4) is 0 Å². The maximum atomic E-state index is 12.5. The van der Waals surface area contributed by atoms with E-state index in [1.165, 1.54) is 6.20 Å². The van der Waals surface area contributed by atoms with Gasteiger partial charge in [-0.15, -0.1) is 0 Å². The van der Waals surface area contributed by atoms with E-state index in [1.54, 1.807) is 10.7 Å². The molecule has 0 radical (unpaired) electrons. The number of nitrogen functional groups attached to an aromatic ring is 1. The Morgan fingerprint density at radius 3 is 2.71 bits per heavy atom. The average molecular weight is 308 g/mol. The van der Waals surface area contributed by atoms with Gasteiger partial charge in [0.2, 0.25) is 0 Å². The minimum absolute atomic E-state index is 0.0110. The van der Waals surface area contributed by atoms with Gasteiger partial charge in [0.05, 0.1) is 5.69 Å². The van der Waals surface area contributed by atoms with Crippen LogP contribution in [0.25, 0.3) is 0 Å². The molecule has 6 nitrogen and oxygen atoms in total. The fourth-order valence-corrected chi connectivity index (χ4v) is 3.23. The molecule has 1 aromatic carbocycles.